The molecule has 22 nitrogen and oxygen atoms in total. The molecule has 1 aliphatic heterocycles. The van der Waals surface area contributed by atoms with Gasteiger partial charge in [0, 0.05) is 48.0 Å². The zero-order valence-electron chi connectivity index (χ0n) is 47.1. The van der Waals surface area contributed by atoms with E-state index in [1.165, 1.54) is 49.0 Å². The van der Waals surface area contributed by atoms with E-state index in [-0.39, 0.29) is 18.8 Å². The standard InChI is InChI=1S/C53H83N7O15/c1-20-37(62)56-40(44(29(6)7)75-53(13,14)15)51(69)73-42(27(2)3)38-49(67)60(18)41(33(11)71-19)52(70)74-43(28(4)5)39(55-34(12)61)50(68)72-36(26-35-24-22-21-23-25-35)48(66)59(17)31(9)45(63)54-30(8)47(65)58(16)32(10)46(64)57-38/h21-25,27-30,32-33,36,38-44H,9,20,26H2,1-8,10-19H3,(H,54,63)(H,55,61)(H,56,62)(H,57,64)/t30-,32-,33+,36+,38-,39-,40-,41-,42+,43?,44+/m0/s1. The number of nitrogens with zero attached hydrogens (tertiary/aromatic N) is 3. The van der Waals surface area contributed by atoms with Gasteiger partial charge < -0.3 is 59.7 Å². The normalized spacial score (nSPS) is 24.3. The van der Waals surface area contributed by atoms with Gasteiger partial charge >= 0.3 is 17.9 Å². The van der Waals surface area contributed by atoms with Gasteiger partial charge in [-0.05, 0) is 64.9 Å². The number of benzene rings is 1. The third kappa shape index (κ3) is 18.1. The lowest BCUT2D eigenvalue weighted by Gasteiger charge is -2.39. The molecule has 2 rings (SSSR count). The summed E-state index contributed by atoms with van der Waals surface area (Å²) in [6, 6.07) is -1.00. The zero-order valence-corrected chi connectivity index (χ0v) is 47.1. The molecular formula is C53H83N7O15. The van der Waals surface area contributed by atoms with Crippen molar-refractivity contribution in [3.8, 4) is 0 Å². The maximum Gasteiger partial charge on any atom is 0.333 e. The SMILES string of the molecule is C=C1C(=O)N[C@@H](C)C(=O)N(C)[C@@H](C)C(=O)N[C@@H]([C@H](OC(=O)[C@@H](NC(=O)CC)[C@H](OC(C)(C)C)C(C)C)C(C)C)C(=O)N(C)[C@@H]([C@@H](C)OC)C(=O)OC(C(C)C)[C@H](NC(C)=O)C(=O)O[C@H](Cc2ccccc2)C(=O)N1C. The molecule has 1 aromatic rings. The first-order valence-corrected chi connectivity index (χ1v) is 25.2. The molecule has 4 N–H and O–H groups in total. The summed E-state index contributed by atoms with van der Waals surface area (Å²) in [5, 5.41) is 10.3. The molecule has 0 aliphatic carbocycles. The molecule has 1 fully saturated rings. The number of carbonyl (C=O) groups is 10. The second-order valence-electron chi connectivity index (χ2n) is 20.9. The first kappa shape index (κ1) is 64.7. The molecule has 1 unspecified atom stereocenters. The molecule has 0 bridgehead atoms. The van der Waals surface area contributed by atoms with E-state index in [2.05, 4.69) is 27.8 Å². The van der Waals surface area contributed by atoms with Gasteiger partial charge in [0.1, 0.15) is 36.0 Å². The number of methoxy groups -OCH3 is 1. The number of carbonyl (C=O) groups excluding carboxylic acids is 10. The van der Waals surface area contributed by atoms with E-state index < -0.39 is 149 Å². The highest BCUT2D eigenvalue weighted by atomic mass is 16.6. The van der Waals surface area contributed by atoms with E-state index in [9.17, 15) is 43.2 Å². The maximum atomic E-state index is 15.3. The molecule has 1 heterocycles. The van der Waals surface area contributed by atoms with Crippen LogP contribution in [0.3, 0.4) is 0 Å². The highest BCUT2D eigenvalue weighted by Crippen LogP contribution is 2.25. The van der Waals surface area contributed by atoms with E-state index in [1.807, 2.05) is 0 Å². The summed E-state index contributed by atoms with van der Waals surface area (Å²) < 4.78 is 30.1. The molecular weight excluding hydrogens is 975 g/mol. The average molecular weight is 1060 g/mol. The van der Waals surface area contributed by atoms with Crippen LogP contribution in [-0.2, 0) is 78.1 Å². The van der Waals surface area contributed by atoms with Crippen LogP contribution >= 0.6 is 0 Å². The monoisotopic (exact) mass is 1060 g/mol. The molecule has 0 radical (unpaired) electrons. The van der Waals surface area contributed by atoms with Crippen molar-refractivity contribution in [3.63, 3.8) is 0 Å². The largest absolute Gasteiger partial charge is 0.458 e. The number of hydrogen-bond acceptors (Lipinski definition) is 15. The third-order valence-corrected chi connectivity index (χ3v) is 12.7. The van der Waals surface area contributed by atoms with Crippen LogP contribution in [0.1, 0.15) is 109 Å². The minimum Gasteiger partial charge on any atom is -0.458 e. The predicted molar refractivity (Wildman–Crippen MR) is 275 cm³/mol. The summed E-state index contributed by atoms with van der Waals surface area (Å²) in [5.41, 5.74) is -0.735. The summed E-state index contributed by atoms with van der Waals surface area (Å²) in [6.07, 6.45) is -7.13. The summed E-state index contributed by atoms with van der Waals surface area (Å²) in [6.45, 7) is 25.9. The van der Waals surface area contributed by atoms with E-state index in [4.69, 9.17) is 23.7 Å². The zero-order chi connectivity index (χ0) is 57.6. The van der Waals surface area contributed by atoms with Crippen LogP contribution in [-0.4, -0.2) is 175 Å². The fraction of sp³-hybridized carbons (Fsp3) is 0.660. The van der Waals surface area contributed by atoms with Gasteiger partial charge in [-0.3, -0.25) is 33.6 Å². The van der Waals surface area contributed by atoms with Gasteiger partial charge in [-0.25, -0.2) is 14.4 Å². The Morgan fingerprint density at radius 2 is 1.40 bits per heavy atom. The predicted octanol–water partition coefficient (Wildman–Crippen LogP) is 2.20. The van der Waals surface area contributed by atoms with Crippen molar-refractivity contribution < 1.29 is 71.6 Å². The molecule has 420 valence electrons. The summed E-state index contributed by atoms with van der Waals surface area (Å²) >= 11 is 0. The van der Waals surface area contributed by atoms with Crippen molar-refractivity contribution in [1.29, 1.82) is 0 Å². The van der Waals surface area contributed by atoms with Crippen molar-refractivity contribution in [3.05, 3.63) is 48.2 Å². The third-order valence-electron chi connectivity index (χ3n) is 12.7. The van der Waals surface area contributed by atoms with Crippen molar-refractivity contribution in [2.45, 2.75) is 182 Å². The molecule has 22 heteroatoms. The number of cyclic esters (lactones) is 2. The summed E-state index contributed by atoms with van der Waals surface area (Å²) in [5.74, 6) is -11.2. The molecule has 1 aliphatic rings. The number of hydrogen-bond donors (Lipinski definition) is 4. The smallest absolute Gasteiger partial charge is 0.333 e. The number of ether oxygens (including phenoxy) is 5. The van der Waals surface area contributed by atoms with Crippen LogP contribution in [0.15, 0.2) is 42.6 Å². The maximum absolute atomic E-state index is 15.3. The van der Waals surface area contributed by atoms with Crippen LogP contribution in [0.5, 0.6) is 0 Å². The van der Waals surface area contributed by atoms with Gasteiger partial charge in [-0.15, -0.1) is 0 Å². The topological polar surface area (TPSA) is 275 Å². The van der Waals surface area contributed by atoms with Crippen molar-refractivity contribution in [1.82, 2.24) is 36.0 Å². The molecule has 0 spiro atoms. The molecule has 75 heavy (non-hydrogen) atoms. The van der Waals surface area contributed by atoms with E-state index in [1.54, 1.807) is 99.6 Å². The highest BCUT2D eigenvalue weighted by molar-refractivity contribution is 6.01. The Labute approximate surface area is 442 Å². The lowest BCUT2D eigenvalue weighted by atomic mass is 9.95. The Kier molecular flexibility index (Phi) is 24.6. The number of esters is 3. The molecule has 11 atom stereocenters. The van der Waals surface area contributed by atoms with Crippen LogP contribution in [0.4, 0.5) is 0 Å². The minimum absolute atomic E-state index is 0.00799. The van der Waals surface area contributed by atoms with Gasteiger partial charge in [-0.2, -0.15) is 0 Å². The van der Waals surface area contributed by atoms with Gasteiger partial charge in [0.05, 0.1) is 17.8 Å². The number of rotatable bonds is 15. The van der Waals surface area contributed by atoms with Crippen LogP contribution < -0.4 is 21.3 Å². The Morgan fingerprint density at radius 3 is 1.89 bits per heavy atom. The van der Waals surface area contributed by atoms with E-state index in [0.717, 1.165) is 21.6 Å². The molecule has 0 aromatic heterocycles. The molecule has 7 amide bonds. The second kappa shape index (κ2) is 28.5. The second-order valence-corrected chi connectivity index (χ2v) is 20.9. The first-order valence-electron chi connectivity index (χ1n) is 25.2. The van der Waals surface area contributed by atoms with Crippen LogP contribution in [0.25, 0.3) is 0 Å². The Hall–Kier alpha value is -6.42. The lowest BCUT2D eigenvalue weighted by Crippen LogP contribution is -2.64. The Balaban J connectivity index is 3.01. The fourth-order valence-corrected chi connectivity index (χ4v) is 8.08. The molecule has 1 saturated heterocycles. The van der Waals surface area contributed by atoms with Gasteiger partial charge in [0.2, 0.25) is 29.5 Å². The first-order chi connectivity index (χ1) is 34.7. The number of nitrogens with one attached hydrogen (secondary N) is 4. The number of amides is 7. The highest BCUT2D eigenvalue weighted by Gasteiger charge is 2.47. The Morgan fingerprint density at radius 1 is 0.813 bits per heavy atom. The van der Waals surface area contributed by atoms with E-state index in [0.29, 0.717) is 5.56 Å². The molecule has 0 saturated carbocycles. The van der Waals surface area contributed by atoms with Crippen molar-refractivity contribution in [2.24, 2.45) is 17.8 Å². The van der Waals surface area contributed by atoms with Gasteiger partial charge in [0.15, 0.2) is 24.2 Å². The summed E-state index contributed by atoms with van der Waals surface area (Å²) in [4.78, 5) is 144. The van der Waals surface area contributed by atoms with Crippen molar-refractivity contribution >= 4 is 59.3 Å². The van der Waals surface area contributed by atoms with Crippen molar-refractivity contribution in [2.75, 3.05) is 28.3 Å². The van der Waals surface area contributed by atoms with E-state index >= 15 is 4.79 Å². The average Bonchev–Trinajstić information content (AvgIpc) is 3.33. The lowest BCUT2D eigenvalue weighted by molar-refractivity contribution is -0.177. The van der Waals surface area contributed by atoms with Gasteiger partial charge in [-0.1, -0.05) is 85.4 Å². The number of likely N-dealkylation sites (N-methyl/N-ethyl adjacent to an activating group) is 3. The fourth-order valence-electron chi connectivity index (χ4n) is 8.08. The molecule has 1 aromatic carbocycles. The Bertz CT molecular complexity index is 2210. The van der Waals surface area contributed by atoms with Crippen LogP contribution in [0.2, 0.25) is 0 Å². The van der Waals surface area contributed by atoms with Gasteiger partial charge in [0.25, 0.3) is 11.8 Å². The summed E-state index contributed by atoms with van der Waals surface area (Å²) in [7, 11) is 4.96. The quantitative estimate of drug-likeness (QED) is 0.111. The minimum atomic E-state index is -1.84. The van der Waals surface area contributed by atoms with Crippen LogP contribution in [0, 0.1) is 17.8 Å².